The van der Waals surface area contributed by atoms with Crippen LogP contribution in [-0.4, -0.2) is 33.0 Å². The minimum atomic E-state index is -0.167. The summed E-state index contributed by atoms with van der Waals surface area (Å²) in [5.74, 6) is 0.520. The summed E-state index contributed by atoms with van der Waals surface area (Å²) in [5.41, 5.74) is 2.61. The molecule has 0 aliphatic carbocycles. The summed E-state index contributed by atoms with van der Waals surface area (Å²) in [4.78, 5) is 0. The Morgan fingerprint density at radius 1 is 0.600 bits per heavy atom. The fourth-order valence-electron chi connectivity index (χ4n) is 3.68. The summed E-state index contributed by atoms with van der Waals surface area (Å²) >= 11 is 0. The van der Waals surface area contributed by atoms with Crippen LogP contribution in [0, 0.1) is 0 Å². The number of phenolic OH excluding ortho intramolecular Hbond substituents is 1. The standard InChI is InChI=1S/C24H42O.2C3H8O.H2O.Ti/c1-3-5-7-9-11-13-15-18-22-19-17-21-24(25)23(22)20-16-14-12-10-8-6-4-2;2*1-3(2)4;;/h17,19,21,25H,3-16,18,20H2,1-2H3;2*3-4H,1-2H3;1H2;/p-1. The normalized spacial score (nSPS) is 10.0. The average molecular weight is 532 g/mol. The topological polar surface area (TPSA) is 90.7 Å². The number of phenols is 1. The van der Waals surface area contributed by atoms with Gasteiger partial charge >= 0.3 is 0 Å². The van der Waals surface area contributed by atoms with Gasteiger partial charge in [0.05, 0.1) is 0 Å². The van der Waals surface area contributed by atoms with Crippen LogP contribution in [0.5, 0.6) is 5.75 Å². The maximum absolute atomic E-state index is 10.3. The maximum atomic E-state index is 10.3. The molecule has 0 spiro atoms. The first kappa shape index (κ1) is 41.7. The van der Waals surface area contributed by atoms with E-state index in [0.717, 1.165) is 12.8 Å². The molecule has 1 rings (SSSR count). The first-order chi connectivity index (χ1) is 15.8. The van der Waals surface area contributed by atoms with Gasteiger partial charge in [-0.2, -0.15) is 0 Å². The quantitative estimate of drug-likeness (QED) is 0.147. The Hall–Kier alpha value is -0.386. The van der Waals surface area contributed by atoms with Crippen molar-refractivity contribution in [1.82, 2.24) is 0 Å². The predicted molar refractivity (Wildman–Crippen MR) is 148 cm³/mol. The predicted octanol–water partition coefficient (Wildman–Crippen LogP) is 8.57. The summed E-state index contributed by atoms with van der Waals surface area (Å²) in [6.45, 7) is 11.4. The van der Waals surface area contributed by atoms with Crippen molar-refractivity contribution < 1.29 is 42.5 Å². The zero-order chi connectivity index (χ0) is 25.3. The van der Waals surface area contributed by atoms with Crippen LogP contribution in [0.1, 0.15) is 143 Å². The van der Waals surface area contributed by atoms with Crippen molar-refractivity contribution in [3.63, 3.8) is 0 Å². The molecule has 0 aliphatic rings. The first-order valence-corrected chi connectivity index (χ1v) is 13.9. The fourth-order valence-corrected chi connectivity index (χ4v) is 3.68. The third kappa shape index (κ3) is 33.6. The summed E-state index contributed by atoms with van der Waals surface area (Å²) in [5, 5.41) is 26.4. The van der Waals surface area contributed by atoms with E-state index in [4.69, 9.17) is 10.2 Å². The van der Waals surface area contributed by atoms with Gasteiger partial charge in [0.25, 0.3) is 0 Å². The van der Waals surface area contributed by atoms with Gasteiger partial charge in [0.2, 0.25) is 0 Å². The average Bonchev–Trinajstić information content (AvgIpc) is 2.73. The Labute approximate surface area is 233 Å². The van der Waals surface area contributed by atoms with Crippen molar-refractivity contribution >= 4 is 0 Å². The van der Waals surface area contributed by atoms with E-state index >= 15 is 0 Å². The zero-order valence-corrected chi connectivity index (χ0v) is 25.6. The Bertz CT molecular complexity index is 510. The number of hydrogen-bond donors (Lipinski definition) is 3. The molecule has 0 saturated heterocycles. The van der Waals surface area contributed by atoms with Gasteiger partial charge in [-0.15, -0.1) is 0 Å². The van der Waals surface area contributed by atoms with Crippen molar-refractivity contribution in [1.29, 1.82) is 0 Å². The number of unbranched alkanes of at least 4 members (excludes halogenated alkanes) is 12. The molecule has 0 radical (unpaired) electrons. The van der Waals surface area contributed by atoms with Crippen molar-refractivity contribution in [3.8, 4) is 5.75 Å². The third-order valence-electron chi connectivity index (χ3n) is 5.33. The number of aliphatic hydroxyl groups is 2. The van der Waals surface area contributed by atoms with E-state index in [1.165, 1.54) is 101 Å². The molecule has 4 nitrogen and oxygen atoms in total. The van der Waals surface area contributed by atoms with Gasteiger partial charge in [-0.1, -0.05) is 103 Å². The van der Waals surface area contributed by atoms with Crippen LogP contribution in [-0.2, 0) is 34.6 Å². The van der Waals surface area contributed by atoms with Crippen LogP contribution in [0.25, 0.3) is 0 Å². The second kappa shape index (κ2) is 31.6. The monoisotopic (exact) mass is 531 g/mol. The summed E-state index contributed by atoms with van der Waals surface area (Å²) in [7, 11) is 0. The van der Waals surface area contributed by atoms with Gasteiger partial charge in [0.1, 0.15) is 5.75 Å². The molecule has 0 saturated carbocycles. The Balaban J connectivity index is -0.000000417. The molecule has 0 heterocycles. The van der Waals surface area contributed by atoms with Gasteiger partial charge in [-0.05, 0) is 70.6 Å². The second-order valence-corrected chi connectivity index (χ2v) is 9.84. The van der Waals surface area contributed by atoms with Crippen LogP contribution in [0.2, 0.25) is 0 Å². The fraction of sp³-hybridized carbons (Fsp3) is 0.800. The van der Waals surface area contributed by atoms with Crippen molar-refractivity contribution in [2.75, 3.05) is 0 Å². The number of hydrogen-bond acceptors (Lipinski definition) is 4. The maximum Gasteiger partial charge on any atom is 0.119 e. The van der Waals surface area contributed by atoms with E-state index < -0.39 is 0 Å². The SMILES string of the molecule is CC(C)O.CC(C)O.CCCCCCCCCc1cccc(O)c1CCCCCCCCC.[OH-].[Ti]. The molecular formula is C30H59O4Ti-. The van der Waals surface area contributed by atoms with Crippen LogP contribution < -0.4 is 0 Å². The van der Waals surface area contributed by atoms with Crippen LogP contribution >= 0.6 is 0 Å². The third-order valence-corrected chi connectivity index (χ3v) is 5.33. The second-order valence-electron chi connectivity index (χ2n) is 9.84. The molecule has 1 aromatic rings. The van der Waals surface area contributed by atoms with Gasteiger partial charge in [0, 0.05) is 33.9 Å². The zero-order valence-electron chi connectivity index (χ0n) is 24.0. The van der Waals surface area contributed by atoms with E-state index in [2.05, 4.69) is 19.9 Å². The van der Waals surface area contributed by atoms with E-state index in [0.29, 0.717) is 5.75 Å². The van der Waals surface area contributed by atoms with Gasteiger partial charge in [-0.25, -0.2) is 0 Å². The Kier molecular flexibility index (Phi) is 37.7. The number of benzene rings is 1. The summed E-state index contributed by atoms with van der Waals surface area (Å²) in [6.07, 6.45) is 20.6. The molecule has 5 heteroatoms. The smallest absolute Gasteiger partial charge is 0.119 e. The van der Waals surface area contributed by atoms with E-state index in [9.17, 15) is 5.11 Å². The molecule has 0 amide bonds. The molecule has 0 aliphatic heterocycles. The molecule has 0 unspecified atom stereocenters. The molecule has 208 valence electrons. The van der Waals surface area contributed by atoms with E-state index in [1.54, 1.807) is 27.7 Å². The number of rotatable bonds is 16. The number of aliphatic hydroxyl groups excluding tert-OH is 2. The van der Waals surface area contributed by atoms with Crippen LogP contribution in [0.3, 0.4) is 0 Å². The largest absolute Gasteiger partial charge is 0.870 e. The van der Waals surface area contributed by atoms with E-state index in [-0.39, 0.29) is 39.4 Å². The molecule has 4 N–H and O–H groups in total. The van der Waals surface area contributed by atoms with Crippen LogP contribution in [0.15, 0.2) is 18.2 Å². The minimum Gasteiger partial charge on any atom is -0.870 e. The molecule has 0 atom stereocenters. The van der Waals surface area contributed by atoms with Crippen molar-refractivity contribution in [3.05, 3.63) is 29.3 Å². The van der Waals surface area contributed by atoms with Crippen molar-refractivity contribution in [2.24, 2.45) is 0 Å². The minimum absolute atomic E-state index is 0. The molecule has 0 bridgehead atoms. The molecule has 1 aromatic carbocycles. The Morgan fingerprint density at radius 2 is 0.943 bits per heavy atom. The van der Waals surface area contributed by atoms with Gasteiger partial charge < -0.3 is 20.8 Å². The first-order valence-electron chi connectivity index (χ1n) is 13.9. The number of aromatic hydroxyl groups is 1. The van der Waals surface area contributed by atoms with E-state index in [1.807, 2.05) is 12.1 Å². The Morgan fingerprint density at radius 3 is 1.34 bits per heavy atom. The summed E-state index contributed by atoms with van der Waals surface area (Å²) < 4.78 is 0. The van der Waals surface area contributed by atoms with Gasteiger partial charge in [0.15, 0.2) is 0 Å². The van der Waals surface area contributed by atoms with Crippen molar-refractivity contribution in [2.45, 2.75) is 156 Å². The molecular weight excluding hydrogens is 472 g/mol. The number of aryl methyl sites for hydroxylation is 1. The van der Waals surface area contributed by atoms with Crippen LogP contribution in [0.4, 0.5) is 0 Å². The molecule has 0 fully saturated rings. The summed E-state index contributed by atoms with van der Waals surface area (Å²) in [6, 6.07) is 6.11. The molecule has 0 aromatic heterocycles. The van der Waals surface area contributed by atoms with Gasteiger partial charge in [-0.3, -0.25) is 0 Å². The molecule has 35 heavy (non-hydrogen) atoms.